The molecule has 0 radical (unpaired) electrons. The molecule has 0 saturated carbocycles. The van der Waals surface area contributed by atoms with Crippen molar-refractivity contribution in [1.29, 1.82) is 0 Å². The number of nitrogens with zero attached hydrogens (tertiary/aromatic N) is 4. The molecular formula is C29H38F3N5O7S. The number of thiazole rings is 1. The van der Waals surface area contributed by atoms with Gasteiger partial charge in [-0.05, 0) is 12.3 Å². The molecule has 2 aromatic rings. The number of nitrogens with one attached hydrogen (secondary N) is 1. The Morgan fingerprint density at radius 2 is 1.80 bits per heavy atom. The molecule has 0 aromatic carbocycles. The Bertz CT molecular complexity index is 1330. The lowest BCUT2D eigenvalue weighted by atomic mass is 9.95. The number of ether oxygens (including phenoxy) is 2. The molecular weight excluding hydrogens is 619 g/mol. The first-order valence-electron chi connectivity index (χ1n) is 14.4. The third-order valence-electron chi connectivity index (χ3n) is 7.48. The molecule has 4 atom stereocenters. The Morgan fingerprint density at radius 1 is 1.16 bits per heavy atom. The number of aromatic nitrogens is 3. The highest BCUT2D eigenvalue weighted by Gasteiger charge is 2.34. The highest BCUT2D eigenvalue weighted by atomic mass is 32.1. The Labute approximate surface area is 262 Å². The molecule has 1 aliphatic rings. The van der Waals surface area contributed by atoms with Crippen molar-refractivity contribution in [2.45, 2.75) is 77.7 Å². The van der Waals surface area contributed by atoms with Gasteiger partial charge in [0.05, 0.1) is 24.7 Å². The third-order valence-corrected chi connectivity index (χ3v) is 8.42. The molecule has 0 bridgehead atoms. The minimum atomic E-state index is -4.62. The van der Waals surface area contributed by atoms with Gasteiger partial charge >= 0.3 is 18.1 Å². The topological polar surface area (TPSA) is 161 Å². The molecule has 45 heavy (non-hydrogen) atoms. The fourth-order valence-electron chi connectivity index (χ4n) is 4.82. The number of hydrogen-bond donors (Lipinski definition) is 2. The number of alkyl halides is 3. The van der Waals surface area contributed by atoms with Crippen molar-refractivity contribution >= 4 is 35.1 Å². The summed E-state index contributed by atoms with van der Waals surface area (Å²) in [6.45, 7) is 7.67. The number of rotatable bonds is 15. The second-order valence-electron chi connectivity index (χ2n) is 11.6. The summed E-state index contributed by atoms with van der Waals surface area (Å²) in [6.07, 6.45) is -3.83. The number of carbonyl (C=O) groups excluding carboxylic acids is 3. The van der Waals surface area contributed by atoms with Gasteiger partial charge in [-0.3, -0.25) is 19.2 Å². The van der Waals surface area contributed by atoms with E-state index < -0.39 is 47.6 Å². The second kappa shape index (κ2) is 15.6. The van der Waals surface area contributed by atoms with Crippen LogP contribution < -0.4 is 5.32 Å². The van der Waals surface area contributed by atoms with Crippen LogP contribution in [0.3, 0.4) is 0 Å². The average Bonchev–Trinajstić information content (AvgIpc) is 3.42. The van der Waals surface area contributed by atoms with E-state index in [9.17, 15) is 37.5 Å². The van der Waals surface area contributed by atoms with Crippen LogP contribution in [0, 0.1) is 17.8 Å². The van der Waals surface area contributed by atoms with E-state index in [2.05, 4.69) is 20.3 Å². The van der Waals surface area contributed by atoms with Gasteiger partial charge in [-0.1, -0.05) is 20.8 Å². The molecule has 1 fully saturated rings. The van der Waals surface area contributed by atoms with Crippen molar-refractivity contribution in [1.82, 2.24) is 25.2 Å². The normalized spacial score (nSPS) is 16.3. The summed E-state index contributed by atoms with van der Waals surface area (Å²) in [6, 6.07) is -1.16. The van der Waals surface area contributed by atoms with Crippen molar-refractivity contribution in [3.63, 3.8) is 0 Å². The molecule has 1 aliphatic heterocycles. The SMILES string of the molecule is CC(=O)OC(CC(C(C)C)N(C)C(=O)CC1COC1)c1nc(C(=O)N[C@@H](Cc2ncc(C(F)(F)F)cn2)CC(C)C(=O)O)cs1. The zero-order chi connectivity index (χ0) is 33.5. The van der Waals surface area contributed by atoms with Crippen LogP contribution in [0.2, 0.25) is 0 Å². The largest absolute Gasteiger partial charge is 0.481 e. The first-order valence-corrected chi connectivity index (χ1v) is 15.3. The van der Waals surface area contributed by atoms with Gasteiger partial charge in [-0.15, -0.1) is 11.3 Å². The van der Waals surface area contributed by atoms with Crippen molar-refractivity contribution < 1.29 is 46.9 Å². The van der Waals surface area contributed by atoms with E-state index in [0.717, 1.165) is 11.3 Å². The fourth-order valence-corrected chi connectivity index (χ4v) is 5.66. The van der Waals surface area contributed by atoms with Crippen LogP contribution in [0.4, 0.5) is 13.2 Å². The van der Waals surface area contributed by atoms with Crippen LogP contribution in [-0.2, 0) is 36.5 Å². The zero-order valence-corrected chi connectivity index (χ0v) is 26.5. The molecule has 16 heteroatoms. The zero-order valence-electron chi connectivity index (χ0n) is 25.7. The maximum absolute atomic E-state index is 13.2. The number of carbonyl (C=O) groups is 4. The summed E-state index contributed by atoms with van der Waals surface area (Å²) in [7, 11) is 1.71. The van der Waals surface area contributed by atoms with Crippen molar-refractivity contribution in [2.24, 2.45) is 17.8 Å². The van der Waals surface area contributed by atoms with Crippen LogP contribution in [0.15, 0.2) is 17.8 Å². The maximum atomic E-state index is 13.2. The molecule has 1 saturated heterocycles. The number of hydrogen-bond acceptors (Lipinski definition) is 10. The van der Waals surface area contributed by atoms with Gasteiger partial charge in [0, 0.05) is 69.0 Å². The lowest BCUT2D eigenvalue weighted by Crippen LogP contribution is -2.44. The summed E-state index contributed by atoms with van der Waals surface area (Å²) in [4.78, 5) is 63.2. The van der Waals surface area contributed by atoms with Gasteiger partial charge in [0.15, 0.2) is 6.10 Å². The first-order chi connectivity index (χ1) is 21.0. The number of carboxylic acid groups (broad SMARTS) is 1. The van der Waals surface area contributed by atoms with Crippen LogP contribution in [0.25, 0.3) is 0 Å². The van der Waals surface area contributed by atoms with Gasteiger partial charge < -0.3 is 24.8 Å². The van der Waals surface area contributed by atoms with E-state index in [1.54, 1.807) is 11.9 Å². The summed E-state index contributed by atoms with van der Waals surface area (Å²) in [5, 5.41) is 13.9. The Balaban J connectivity index is 1.77. The van der Waals surface area contributed by atoms with Gasteiger partial charge in [-0.25, -0.2) is 15.0 Å². The molecule has 248 valence electrons. The molecule has 0 spiro atoms. The number of aliphatic carboxylic acids is 1. The van der Waals surface area contributed by atoms with E-state index in [-0.39, 0.29) is 54.6 Å². The summed E-state index contributed by atoms with van der Waals surface area (Å²) in [5.41, 5.74) is -1.06. The quantitative estimate of drug-likeness (QED) is 0.269. The first kappa shape index (κ1) is 35.8. The highest BCUT2D eigenvalue weighted by molar-refractivity contribution is 7.09. The molecule has 0 aliphatic carbocycles. The molecule has 12 nitrogen and oxygen atoms in total. The van der Waals surface area contributed by atoms with Gasteiger partial charge in [0.2, 0.25) is 5.91 Å². The second-order valence-corrected chi connectivity index (χ2v) is 12.5. The van der Waals surface area contributed by atoms with Crippen molar-refractivity contribution in [3.05, 3.63) is 39.9 Å². The van der Waals surface area contributed by atoms with Crippen LogP contribution in [0.5, 0.6) is 0 Å². The van der Waals surface area contributed by atoms with Crippen molar-refractivity contribution in [2.75, 3.05) is 20.3 Å². The van der Waals surface area contributed by atoms with E-state index >= 15 is 0 Å². The lowest BCUT2D eigenvalue weighted by Gasteiger charge is -2.35. The predicted molar refractivity (Wildman–Crippen MR) is 155 cm³/mol. The van der Waals surface area contributed by atoms with E-state index in [4.69, 9.17) is 9.47 Å². The monoisotopic (exact) mass is 657 g/mol. The fraction of sp³-hybridized carbons (Fsp3) is 0.621. The van der Waals surface area contributed by atoms with Gasteiger partial charge in [0.25, 0.3) is 5.91 Å². The Morgan fingerprint density at radius 3 is 2.31 bits per heavy atom. The molecule has 3 heterocycles. The molecule has 2 amide bonds. The molecule has 3 rings (SSSR count). The Hall–Kier alpha value is -3.66. The Kier molecular flexibility index (Phi) is 12.4. The number of esters is 1. The number of amides is 2. The predicted octanol–water partition coefficient (Wildman–Crippen LogP) is 3.92. The molecule has 2 N–H and O–H groups in total. The summed E-state index contributed by atoms with van der Waals surface area (Å²) < 4.78 is 49.5. The van der Waals surface area contributed by atoms with Crippen LogP contribution >= 0.6 is 11.3 Å². The van der Waals surface area contributed by atoms with Crippen LogP contribution in [0.1, 0.15) is 79.9 Å². The maximum Gasteiger partial charge on any atom is 0.419 e. The van der Waals surface area contributed by atoms with Gasteiger partial charge in [0.1, 0.15) is 16.5 Å². The minimum Gasteiger partial charge on any atom is -0.481 e. The van der Waals surface area contributed by atoms with E-state index in [0.29, 0.717) is 37.0 Å². The number of halogens is 3. The summed E-state index contributed by atoms with van der Waals surface area (Å²) in [5.74, 6) is -3.13. The summed E-state index contributed by atoms with van der Waals surface area (Å²) >= 11 is 1.08. The highest BCUT2D eigenvalue weighted by Crippen LogP contribution is 2.31. The van der Waals surface area contributed by atoms with Crippen molar-refractivity contribution in [3.8, 4) is 0 Å². The standard InChI is InChI=1S/C29H38F3N5O7S/c1-15(2)22(37(5)25(39)7-18-12-43-13-18)9-23(44-17(4)38)27-36-21(14-45-27)26(40)35-20(6-16(3)28(41)42)8-24-33-10-19(11-34-24)29(30,31)32/h10-11,14-16,18,20,22-23H,6-9,12-13H2,1-5H3,(H,35,40)(H,41,42)/t16?,20-,22?,23?/m1/s1. The minimum absolute atomic E-state index is 0.00165. The molecule has 2 aromatic heterocycles. The number of carboxylic acids is 1. The third kappa shape index (κ3) is 10.4. The lowest BCUT2D eigenvalue weighted by molar-refractivity contribution is -0.149. The van der Waals surface area contributed by atoms with E-state index in [1.165, 1.54) is 19.2 Å². The average molecular weight is 658 g/mol. The van der Waals surface area contributed by atoms with Gasteiger partial charge in [-0.2, -0.15) is 13.2 Å². The molecule has 3 unspecified atom stereocenters. The van der Waals surface area contributed by atoms with E-state index in [1.807, 2.05) is 13.8 Å². The van der Waals surface area contributed by atoms with Crippen LogP contribution in [-0.4, -0.2) is 81.1 Å². The smallest absolute Gasteiger partial charge is 0.419 e.